The van der Waals surface area contributed by atoms with Gasteiger partial charge >= 0.3 is 0 Å². The SMILES string of the molecule is CC(O)c1cccc(S(=O)(=O)NCC(=O)NC(C)(C)C)c1. The van der Waals surface area contributed by atoms with E-state index in [0.717, 1.165) is 0 Å². The van der Waals surface area contributed by atoms with E-state index in [9.17, 15) is 18.3 Å². The number of nitrogens with one attached hydrogen (secondary N) is 2. The Kier molecular flexibility index (Phi) is 5.49. The molecule has 0 saturated heterocycles. The molecule has 0 bridgehead atoms. The third-order valence-electron chi connectivity index (χ3n) is 2.59. The Morgan fingerprint density at radius 2 is 1.95 bits per heavy atom. The second kappa shape index (κ2) is 6.55. The van der Waals surface area contributed by atoms with Crippen molar-refractivity contribution in [3.8, 4) is 0 Å². The fourth-order valence-electron chi connectivity index (χ4n) is 1.65. The molecule has 1 atom stereocenters. The average Bonchev–Trinajstić information content (AvgIpc) is 2.35. The van der Waals surface area contributed by atoms with Crippen LogP contribution in [0.5, 0.6) is 0 Å². The van der Waals surface area contributed by atoms with Crippen LogP contribution < -0.4 is 10.0 Å². The lowest BCUT2D eigenvalue weighted by molar-refractivity contribution is -0.121. The van der Waals surface area contributed by atoms with Crippen LogP contribution in [-0.2, 0) is 14.8 Å². The zero-order valence-corrected chi connectivity index (χ0v) is 13.5. The standard InChI is InChI=1S/C14H22N2O4S/c1-10(17)11-6-5-7-12(8-11)21(19,20)15-9-13(18)16-14(2,3)4/h5-8,10,15,17H,9H2,1-4H3,(H,16,18). The molecule has 1 unspecified atom stereocenters. The highest BCUT2D eigenvalue weighted by Crippen LogP contribution is 2.16. The van der Waals surface area contributed by atoms with E-state index in [0.29, 0.717) is 5.56 Å². The molecule has 0 spiro atoms. The van der Waals surface area contributed by atoms with Crippen molar-refractivity contribution in [2.75, 3.05) is 6.54 Å². The van der Waals surface area contributed by atoms with Crippen LogP contribution in [0, 0.1) is 0 Å². The molecule has 6 nitrogen and oxygen atoms in total. The molecule has 1 aromatic rings. The Morgan fingerprint density at radius 3 is 2.48 bits per heavy atom. The topological polar surface area (TPSA) is 95.5 Å². The number of aliphatic hydroxyl groups is 1. The van der Waals surface area contributed by atoms with Crippen molar-refractivity contribution >= 4 is 15.9 Å². The smallest absolute Gasteiger partial charge is 0.241 e. The fraction of sp³-hybridized carbons (Fsp3) is 0.500. The van der Waals surface area contributed by atoms with Crippen LogP contribution in [-0.4, -0.2) is 31.5 Å². The Morgan fingerprint density at radius 1 is 1.33 bits per heavy atom. The maximum atomic E-state index is 12.1. The third-order valence-corrected chi connectivity index (χ3v) is 3.99. The second-order valence-corrected chi connectivity index (χ2v) is 7.64. The first-order valence-electron chi connectivity index (χ1n) is 6.60. The van der Waals surface area contributed by atoms with Crippen LogP contribution in [0.1, 0.15) is 39.4 Å². The lowest BCUT2D eigenvalue weighted by Crippen LogP contribution is -2.45. The summed E-state index contributed by atoms with van der Waals surface area (Å²) in [5, 5.41) is 12.1. The molecule has 7 heteroatoms. The van der Waals surface area contributed by atoms with Crippen molar-refractivity contribution < 1.29 is 18.3 Å². The third kappa shape index (κ3) is 5.82. The van der Waals surface area contributed by atoms with Gasteiger partial charge in [-0.3, -0.25) is 4.79 Å². The first-order valence-corrected chi connectivity index (χ1v) is 8.08. The number of rotatable bonds is 5. The van der Waals surface area contributed by atoms with Gasteiger partial charge in [-0.15, -0.1) is 0 Å². The number of carbonyl (C=O) groups excluding carboxylic acids is 1. The van der Waals surface area contributed by atoms with E-state index in [1.807, 2.05) is 20.8 Å². The van der Waals surface area contributed by atoms with E-state index >= 15 is 0 Å². The highest BCUT2D eigenvalue weighted by molar-refractivity contribution is 7.89. The van der Waals surface area contributed by atoms with Crippen LogP contribution in [0.25, 0.3) is 0 Å². The summed E-state index contributed by atoms with van der Waals surface area (Å²) in [7, 11) is -3.79. The predicted octanol–water partition coefficient (Wildman–Crippen LogP) is 0.933. The summed E-state index contributed by atoms with van der Waals surface area (Å²) < 4.78 is 26.5. The van der Waals surface area contributed by atoms with Crippen LogP contribution >= 0.6 is 0 Å². The summed E-state index contributed by atoms with van der Waals surface area (Å²) in [6.07, 6.45) is -0.760. The van der Waals surface area contributed by atoms with Crippen molar-refractivity contribution in [1.82, 2.24) is 10.0 Å². The van der Waals surface area contributed by atoms with Gasteiger partial charge in [0.1, 0.15) is 0 Å². The van der Waals surface area contributed by atoms with Gasteiger partial charge in [-0.2, -0.15) is 0 Å². The van der Waals surface area contributed by atoms with Crippen molar-refractivity contribution in [3.63, 3.8) is 0 Å². The quantitative estimate of drug-likeness (QED) is 0.753. The van der Waals surface area contributed by atoms with Gasteiger partial charge in [0.2, 0.25) is 15.9 Å². The van der Waals surface area contributed by atoms with Gasteiger partial charge in [0.15, 0.2) is 0 Å². The lowest BCUT2D eigenvalue weighted by Gasteiger charge is -2.20. The second-order valence-electron chi connectivity index (χ2n) is 5.87. The Bertz CT molecular complexity index is 604. The Hall–Kier alpha value is -1.44. The summed E-state index contributed by atoms with van der Waals surface area (Å²) in [6.45, 7) is 6.65. The molecule has 0 aliphatic rings. The van der Waals surface area contributed by atoms with Crippen LogP contribution in [0.4, 0.5) is 0 Å². The molecule has 0 aliphatic carbocycles. The number of carbonyl (C=O) groups is 1. The molecule has 118 valence electrons. The van der Waals surface area contributed by atoms with Crippen molar-refractivity contribution in [1.29, 1.82) is 0 Å². The number of hydrogen-bond acceptors (Lipinski definition) is 4. The fourth-order valence-corrected chi connectivity index (χ4v) is 2.68. The minimum Gasteiger partial charge on any atom is -0.389 e. The van der Waals surface area contributed by atoms with Crippen molar-refractivity contribution in [2.45, 2.75) is 44.2 Å². The number of amides is 1. The summed E-state index contributed by atoms with van der Waals surface area (Å²) in [4.78, 5) is 11.7. The van der Waals surface area contributed by atoms with E-state index in [1.165, 1.54) is 12.1 Å². The lowest BCUT2D eigenvalue weighted by atomic mass is 10.1. The average molecular weight is 314 g/mol. The van der Waals surface area contributed by atoms with Crippen molar-refractivity contribution in [2.24, 2.45) is 0 Å². The molecular weight excluding hydrogens is 292 g/mol. The number of aliphatic hydroxyl groups excluding tert-OH is 1. The molecule has 1 amide bonds. The molecule has 0 saturated carbocycles. The maximum absolute atomic E-state index is 12.1. The largest absolute Gasteiger partial charge is 0.389 e. The minimum absolute atomic E-state index is 0.0180. The summed E-state index contributed by atoms with van der Waals surface area (Å²) in [6, 6.07) is 5.98. The van der Waals surface area contributed by atoms with Gasteiger partial charge in [0, 0.05) is 5.54 Å². The van der Waals surface area contributed by atoms with Crippen LogP contribution in [0.15, 0.2) is 29.2 Å². The van der Waals surface area contributed by atoms with Crippen LogP contribution in [0.3, 0.4) is 0 Å². The summed E-state index contributed by atoms with van der Waals surface area (Å²) in [5.74, 6) is -0.405. The van der Waals surface area contributed by atoms with Gasteiger partial charge in [0.25, 0.3) is 0 Å². The van der Waals surface area contributed by atoms with E-state index in [2.05, 4.69) is 10.0 Å². The highest BCUT2D eigenvalue weighted by Gasteiger charge is 2.19. The van der Waals surface area contributed by atoms with E-state index in [4.69, 9.17) is 0 Å². The molecule has 3 N–H and O–H groups in total. The number of hydrogen-bond donors (Lipinski definition) is 3. The highest BCUT2D eigenvalue weighted by atomic mass is 32.2. The number of benzene rings is 1. The van der Waals surface area contributed by atoms with Gasteiger partial charge in [0.05, 0.1) is 17.5 Å². The molecule has 1 rings (SSSR count). The maximum Gasteiger partial charge on any atom is 0.241 e. The van der Waals surface area contributed by atoms with E-state index < -0.39 is 27.6 Å². The van der Waals surface area contributed by atoms with E-state index in [-0.39, 0.29) is 11.4 Å². The summed E-state index contributed by atoms with van der Waals surface area (Å²) >= 11 is 0. The molecular formula is C14H22N2O4S. The molecule has 0 heterocycles. The van der Waals surface area contributed by atoms with Crippen LogP contribution in [0.2, 0.25) is 0 Å². The zero-order valence-electron chi connectivity index (χ0n) is 12.7. The molecule has 1 aromatic carbocycles. The molecule has 0 fully saturated rings. The van der Waals surface area contributed by atoms with E-state index in [1.54, 1.807) is 19.1 Å². The predicted molar refractivity (Wildman–Crippen MR) is 80.2 cm³/mol. The Balaban J connectivity index is 2.78. The monoisotopic (exact) mass is 314 g/mol. The van der Waals surface area contributed by atoms with Gasteiger partial charge < -0.3 is 10.4 Å². The van der Waals surface area contributed by atoms with Crippen molar-refractivity contribution in [3.05, 3.63) is 29.8 Å². The first kappa shape index (κ1) is 17.6. The van der Waals surface area contributed by atoms with Gasteiger partial charge in [-0.1, -0.05) is 12.1 Å². The van der Waals surface area contributed by atoms with Gasteiger partial charge in [-0.25, -0.2) is 13.1 Å². The summed E-state index contributed by atoms with van der Waals surface area (Å²) in [5.41, 5.74) is 0.0754. The Labute approximate surface area is 125 Å². The normalized spacial score (nSPS) is 13.8. The minimum atomic E-state index is -3.79. The molecule has 0 aromatic heterocycles. The molecule has 0 radical (unpaired) electrons. The first-order chi connectivity index (χ1) is 9.51. The molecule has 21 heavy (non-hydrogen) atoms. The van der Waals surface area contributed by atoms with Gasteiger partial charge in [-0.05, 0) is 45.4 Å². The molecule has 0 aliphatic heterocycles. The zero-order chi connectivity index (χ0) is 16.3. The number of sulfonamides is 1.